The van der Waals surface area contributed by atoms with Crippen LogP contribution in [0.1, 0.15) is 36.8 Å². The van der Waals surface area contributed by atoms with Gasteiger partial charge in [-0.15, -0.1) is 0 Å². The molecule has 2 aliphatic rings. The average Bonchev–Trinajstić information content (AvgIpc) is 3.02. The number of benzene rings is 1. The molecule has 3 heterocycles. The summed E-state index contributed by atoms with van der Waals surface area (Å²) in [6.07, 6.45) is 3.78. The smallest absolute Gasteiger partial charge is 0.284 e. The summed E-state index contributed by atoms with van der Waals surface area (Å²) >= 11 is 18.9. The van der Waals surface area contributed by atoms with Crippen LogP contribution in [0.4, 0.5) is 0 Å². The van der Waals surface area contributed by atoms with Gasteiger partial charge in [0.25, 0.3) is 5.56 Å². The number of H-pyrrole nitrogens is 1. The van der Waals surface area contributed by atoms with E-state index in [1.165, 1.54) is 0 Å². The molecular formula is C20H16Cl3N5O. The molecule has 0 unspecified atom stereocenters. The molecule has 0 amide bonds. The van der Waals surface area contributed by atoms with Crippen LogP contribution in [0.3, 0.4) is 0 Å². The summed E-state index contributed by atoms with van der Waals surface area (Å²) in [7, 11) is 0. The number of aromatic nitrogens is 5. The van der Waals surface area contributed by atoms with E-state index in [0.717, 1.165) is 5.56 Å². The highest BCUT2D eigenvalue weighted by Crippen LogP contribution is 2.36. The number of hydrogen-bond acceptors (Lipinski definition) is 4. The second-order valence-corrected chi connectivity index (χ2v) is 8.17. The topological polar surface area (TPSA) is 76.5 Å². The maximum absolute atomic E-state index is 12.9. The zero-order chi connectivity index (χ0) is 20.7. The summed E-state index contributed by atoms with van der Waals surface area (Å²) in [5, 5.41) is 4.32. The van der Waals surface area contributed by atoms with Gasteiger partial charge in [-0.05, 0) is 29.7 Å². The monoisotopic (exact) mass is 447 g/mol. The summed E-state index contributed by atoms with van der Waals surface area (Å²) in [5.41, 5.74) is 2.14. The molecule has 2 aliphatic heterocycles. The highest BCUT2D eigenvalue weighted by atomic mass is 35.5. The van der Waals surface area contributed by atoms with Gasteiger partial charge < -0.3 is 0 Å². The molecule has 0 aliphatic carbocycles. The highest BCUT2D eigenvalue weighted by molar-refractivity contribution is 6.40. The summed E-state index contributed by atoms with van der Waals surface area (Å²) in [4.78, 5) is 25.8. The first-order chi connectivity index (χ1) is 13.8. The van der Waals surface area contributed by atoms with Crippen LogP contribution in [-0.4, -0.2) is 24.7 Å². The minimum Gasteiger partial charge on any atom is -0.295 e. The molecule has 1 N–H and O–H groups in total. The lowest BCUT2D eigenvalue weighted by molar-refractivity contribution is 0.771. The van der Waals surface area contributed by atoms with Crippen LogP contribution in [0.25, 0.3) is 17.1 Å². The number of pyridine rings is 1. The molecule has 0 radical (unpaired) electrons. The zero-order valence-electron chi connectivity index (χ0n) is 15.6. The third-order valence-electron chi connectivity index (χ3n) is 4.48. The van der Waals surface area contributed by atoms with Crippen molar-refractivity contribution in [3.8, 4) is 17.1 Å². The highest BCUT2D eigenvalue weighted by Gasteiger charge is 2.27. The van der Waals surface area contributed by atoms with Crippen LogP contribution in [0.5, 0.6) is 0 Å². The Kier molecular flexibility index (Phi) is 5.34. The van der Waals surface area contributed by atoms with Crippen LogP contribution in [0, 0.1) is 0 Å². The van der Waals surface area contributed by atoms with Crippen molar-refractivity contribution in [1.29, 1.82) is 0 Å². The van der Waals surface area contributed by atoms with Gasteiger partial charge in [0.15, 0.2) is 5.82 Å². The molecule has 6 nitrogen and oxygen atoms in total. The van der Waals surface area contributed by atoms with E-state index in [2.05, 4.69) is 20.1 Å². The SMILES string of the molecule is CC(C)c1[nH]n(-c2c(Cl)cc(Cl)cc2Cl)c2nc(Cc3cccnc3)nc(=O)c1-2. The summed E-state index contributed by atoms with van der Waals surface area (Å²) < 4.78 is 1.63. The first-order valence-electron chi connectivity index (χ1n) is 8.90. The Labute approximate surface area is 181 Å². The Hall–Kier alpha value is -2.41. The van der Waals surface area contributed by atoms with E-state index in [1.807, 2.05) is 26.0 Å². The number of fused-ring (bicyclic) bond motifs is 1. The molecule has 0 atom stereocenters. The van der Waals surface area contributed by atoms with Crippen molar-refractivity contribution >= 4 is 34.8 Å². The van der Waals surface area contributed by atoms with Crippen molar-refractivity contribution in [3.05, 3.63) is 79.2 Å². The van der Waals surface area contributed by atoms with E-state index >= 15 is 0 Å². The van der Waals surface area contributed by atoms with E-state index in [4.69, 9.17) is 34.8 Å². The Balaban J connectivity index is 1.96. The van der Waals surface area contributed by atoms with Crippen molar-refractivity contribution in [1.82, 2.24) is 24.7 Å². The van der Waals surface area contributed by atoms with Gasteiger partial charge in [0.2, 0.25) is 0 Å². The third kappa shape index (κ3) is 3.75. The molecule has 0 spiro atoms. The molecule has 0 saturated carbocycles. The lowest BCUT2D eigenvalue weighted by Crippen LogP contribution is -2.18. The Morgan fingerprint density at radius 1 is 1.14 bits per heavy atom. The Morgan fingerprint density at radius 2 is 1.86 bits per heavy atom. The molecule has 1 aromatic carbocycles. The van der Waals surface area contributed by atoms with Crippen molar-refractivity contribution in [3.63, 3.8) is 0 Å². The fraction of sp³-hybridized carbons (Fsp3) is 0.200. The number of hydrogen-bond donors (Lipinski definition) is 1. The number of halogens is 3. The molecule has 0 bridgehead atoms. The first kappa shape index (κ1) is 19.9. The van der Waals surface area contributed by atoms with Gasteiger partial charge in [0, 0.05) is 23.8 Å². The minimum absolute atomic E-state index is 0.0316. The second-order valence-electron chi connectivity index (χ2n) is 6.92. The van der Waals surface area contributed by atoms with E-state index in [1.54, 1.807) is 29.2 Å². The van der Waals surface area contributed by atoms with Gasteiger partial charge in [-0.3, -0.25) is 14.9 Å². The first-order valence-corrected chi connectivity index (χ1v) is 10.0. The maximum Gasteiger partial charge on any atom is 0.284 e. The normalized spacial score (nSPS) is 11.5. The molecular weight excluding hydrogens is 433 g/mol. The Morgan fingerprint density at radius 3 is 2.48 bits per heavy atom. The van der Waals surface area contributed by atoms with Crippen molar-refractivity contribution in [2.45, 2.75) is 26.2 Å². The van der Waals surface area contributed by atoms with E-state index < -0.39 is 0 Å². The fourth-order valence-electron chi connectivity index (χ4n) is 3.19. The van der Waals surface area contributed by atoms with E-state index in [9.17, 15) is 4.79 Å². The summed E-state index contributed by atoms with van der Waals surface area (Å²) in [6, 6.07) is 6.92. The molecule has 29 heavy (non-hydrogen) atoms. The van der Waals surface area contributed by atoms with Crippen molar-refractivity contribution in [2.24, 2.45) is 0 Å². The lowest BCUT2D eigenvalue weighted by Gasteiger charge is -2.11. The van der Waals surface area contributed by atoms with Crippen LogP contribution in [0.2, 0.25) is 15.1 Å². The lowest BCUT2D eigenvalue weighted by atomic mass is 10.1. The van der Waals surface area contributed by atoms with Gasteiger partial charge in [-0.25, -0.2) is 9.67 Å². The minimum atomic E-state index is -0.353. The van der Waals surface area contributed by atoms with Crippen molar-refractivity contribution < 1.29 is 0 Å². The van der Waals surface area contributed by atoms with Gasteiger partial charge in [-0.1, -0.05) is 54.7 Å². The molecule has 0 saturated heterocycles. The molecule has 2 aromatic rings. The summed E-state index contributed by atoms with van der Waals surface area (Å²) in [6.45, 7) is 3.95. The van der Waals surface area contributed by atoms with Crippen molar-refractivity contribution in [2.75, 3.05) is 0 Å². The van der Waals surface area contributed by atoms with E-state index in [-0.39, 0.29) is 11.5 Å². The standard InChI is InChI=1S/C20H16Cl3N5O/c1-10(2)17-16-19(28(27-17)18-13(22)7-12(21)8-14(18)23)25-15(26-20(16)29)6-11-4-3-5-24-9-11/h3-5,7-10,27H,6H2,1-2H3. The number of aromatic amines is 1. The zero-order valence-corrected chi connectivity index (χ0v) is 17.8. The van der Waals surface area contributed by atoms with Crippen LogP contribution in [-0.2, 0) is 6.42 Å². The predicted octanol–water partition coefficient (Wildman–Crippen LogP) is 5.13. The summed E-state index contributed by atoms with van der Waals surface area (Å²) in [5.74, 6) is 0.836. The van der Waals surface area contributed by atoms with Crippen LogP contribution in [0.15, 0.2) is 41.5 Å². The molecule has 0 fully saturated rings. The molecule has 4 rings (SSSR count). The van der Waals surface area contributed by atoms with Gasteiger partial charge in [0.05, 0.1) is 15.7 Å². The van der Waals surface area contributed by atoms with Gasteiger partial charge in [-0.2, -0.15) is 4.98 Å². The average molecular weight is 449 g/mol. The maximum atomic E-state index is 12.9. The van der Waals surface area contributed by atoms with E-state index in [0.29, 0.717) is 50.1 Å². The van der Waals surface area contributed by atoms with Gasteiger partial charge >= 0.3 is 0 Å². The quantitative estimate of drug-likeness (QED) is 0.469. The van der Waals surface area contributed by atoms with Crippen LogP contribution < -0.4 is 5.56 Å². The molecule has 1 aromatic heterocycles. The molecule has 148 valence electrons. The largest absolute Gasteiger partial charge is 0.295 e. The molecule has 9 heteroatoms. The second kappa shape index (κ2) is 7.78. The number of rotatable bonds is 4. The van der Waals surface area contributed by atoms with Gasteiger partial charge in [0.1, 0.15) is 17.1 Å². The Bertz CT molecular complexity index is 1190. The third-order valence-corrected chi connectivity index (χ3v) is 5.28. The number of nitrogens with one attached hydrogen (secondary N) is 1. The number of nitrogens with zero attached hydrogens (tertiary/aromatic N) is 4. The fourth-order valence-corrected chi connectivity index (χ4v) is 4.18. The van der Waals surface area contributed by atoms with Crippen LogP contribution >= 0.6 is 34.8 Å². The predicted molar refractivity (Wildman–Crippen MR) is 115 cm³/mol.